The summed E-state index contributed by atoms with van der Waals surface area (Å²) in [6, 6.07) is 5.47. The van der Waals surface area contributed by atoms with Crippen LogP contribution in [0, 0.1) is 0 Å². The quantitative estimate of drug-likeness (QED) is 0.504. The molecule has 13 heavy (non-hydrogen) atoms. The van der Waals surface area contributed by atoms with Crippen LogP contribution in [0.5, 0.6) is 5.75 Å². The van der Waals surface area contributed by atoms with E-state index in [1.807, 2.05) is 13.0 Å². The van der Waals surface area contributed by atoms with Gasteiger partial charge in [-0.15, -0.1) is 0 Å². The van der Waals surface area contributed by atoms with Gasteiger partial charge in [-0.1, -0.05) is 15.9 Å². The fourth-order valence-electron chi connectivity index (χ4n) is 0.839. The number of benzene rings is 1. The van der Waals surface area contributed by atoms with Crippen molar-refractivity contribution in [2.24, 2.45) is 0 Å². The number of nitrogens with two attached hydrogens (primary N) is 1. The summed E-state index contributed by atoms with van der Waals surface area (Å²) < 4.78 is 11.2. The van der Waals surface area contributed by atoms with Gasteiger partial charge in [0.25, 0.3) is 0 Å². The van der Waals surface area contributed by atoms with E-state index in [0.717, 1.165) is 4.47 Å². The molecule has 0 saturated carbocycles. The van der Waals surface area contributed by atoms with E-state index >= 15 is 0 Å². The van der Waals surface area contributed by atoms with Crippen molar-refractivity contribution in [2.45, 2.75) is 6.92 Å². The van der Waals surface area contributed by atoms with Crippen molar-refractivity contribution in [1.82, 2.24) is 0 Å². The Bertz CT molecular complexity index is 278. The topological polar surface area (TPSA) is 44.5 Å². The average Bonchev–Trinajstić information content (AvgIpc) is 2.09. The largest absolute Gasteiger partial charge is 0.465 e. The number of halogens is 1. The number of hydrogen-bond donors (Lipinski definition) is 1. The first kappa shape index (κ1) is 10.3. The van der Waals surface area contributed by atoms with Gasteiger partial charge in [-0.05, 0) is 25.1 Å². The highest BCUT2D eigenvalue weighted by atomic mass is 79.9. The summed E-state index contributed by atoms with van der Waals surface area (Å²) in [5.74, 6) is 0.650. The maximum absolute atomic E-state index is 5.69. The molecule has 0 aliphatic heterocycles. The second kappa shape index (κ2) is 5.09. The zero-order valence-electron chi connectivity index (χ0n) is 7.42. The van der Waals surface area contributed by atoms with E-state index < -0.39 is 0 Å². The Labute approximate surface area is 86.0 Å². The van der Waals surface area contributed by atoms with Gasteiger partial charge in [0.05, 0.1) is 5.69 Å². The summed E-state index contributed by atoms with van der Waals surface area (Å²) >= 11 is 3.31. The van der Waals surface area contributed by atoms with Crippen LogP contribution in [0.15, 0.2) is 22.7 Å². The van der Waals surface area contributed by atoms with E-state index in [0.29, 0.717) is 18.0 Å². The van der Waals surface area contributed by atoms with Crippen LogP contribution in [0.4, 0.5) is 5.69 Å². The molecule has 1 aromatic carbocycles. The highest BCUT2D eigenvalue weighted by molar-refractivity contribution is 9.10. The van der Waals surface area contributed by atoms with Crippen LogP contribution in [0.25, 0.3) is 0 Å². The number of anilines is 1. The summed E-state index contributed by atoms with van der Waals surface area (Å²) in [6.07, 6.45) is 0. The SMILES string of the molecule is CCOCOc1ccc(Br)cc1N. The van der Waals surface area contributed by atoms with E-state index in [2.05, 4.69) is 15.9 Å². The van der Waals surface area contributed by atoms with Crippen LogP contribution < -0.4 is 10.5 Å². The lowest BCUT2D eigenvalue weighted by atomic mass is 10.3. The highest BCUT2D eigenvalue weighted by Crippen LogP contribution is 2.24. The number of ether oxygens (including phenoxy) is 2. The molecule has 1 aromatic rings. The van der Waals surface area contributed by atoms with Gasteiger partial charge in [0, 0.05) is 11.1 Å². The van der Waals surface area contributed by atoms with Gasteiger partial charge < -0.3 is 15.2 Å². The molecule has 4 heteroatoms. The van der Waals surface area contributed by atoms with Gasteiger partial charge in [-0.3, -0.25) is 0 Å². The fraction of sp³-hybridized carbons (Fsp3) is 0.333. The lowest BCUT2D eigenvalue weighted by molar-refractivity contribution is 0.0228. The third-order valence-electron chi connectivity index (χ3n) is 1.47. The lowest BCUT2D eigenvalue weighted by Crippen LogP contribution is -2.03. The molecule has 0 atom stereocenters. The van der Waals surface area contributed by atoms with Crippen molar-refractivity contribution in [3.8, 4) is 5.75 Å². The van der Waals surface area contributed by atoms with Crippen molar-refractivity contribution < 1.29 is 9.47 Å². The molecule has 1 rings (SSSR count). The predicted octanol–water partition coefficient (Wildman–Crippen LogP) is 2.40. The minimum Gasteiger partial charge on any atom is -0.465 e. The molecule has 0 fully saturated rings. The first-order valence-corrected chi connectivity index (χ1v) is 4.79. The Balaban J connectivity index is 2.56. The van der Waals surface area contributed by atoms with E-state index in [-0.39, 0.29) is 6.79 Å². The van der Waals surface area contributed by atoms with Crippen LogP contribution in [-0.4, -0.2) is 13.4 Å². The van der Waals surface area contributed by atoms with E-state index in [1.165, 1.54) is 0 Å². The second-order valence-electron chi connectivity index (χ2n) is 2.44. The van der Waals surface area contributed by atoms with Gasteiger partial charge in [0.1, 0.15) is 5.75 Å². The molecular weight excluding hydrogens is 234 g/mol. The third-order valence-corrected chi connectivity index (χ3v) is 1.97. The number of nitrogen functional groups attached to an aromatic ring is 1. The highest BCUT2D eigenvalue weighted by Gasteiger charge is 1.99. The molecule has 0 saturated heterocycles. The maximum Gasteiger partial charge on any atom is 0.189 e. The zero-order valence-corrected chi connectivity index (χ0v) is 9.00. The smallest absolute Gasteiger partial charge is 0.189 e. The molecule has 0 heterocycles. The van der Waals surface area contributed by atoms with Gasteiger partial charge in [-0.2, -0.15) is 0 Å². The Morgan fingerprint density at radius 3 is 2.85 bits per heavy atom. The second-order valence-corrected chi connectivity index (χ2v) is 3.35. The molecule has 0 spiro atoms. The molecule has 0 aliphatic carbocycles. The summed E-state index contributed by atoms with van der Waals surface area (Å²) in [5.41, 5.74) is 6.30. The maximum atomic E-state index is 5.69. The normalized spacial score (nSPS) is 10.0. The Kier molecular flexibility index (Phi) is 4.05. The minimum absolute atomic E-state index is 0.238. The Morgan fingerprint density at radius 2 is 2.23 bits per heavy atom. The number of hydrogen-bond acceptors (Lipinski definition) is 3. The van der Waals surface area contributed by atoms with Crippen LogP contribution in [-0.2, 0) is 4.74 Å². The van der Waals surface area contributed by atoms with Crippen molar-refractivity contribution in [2.75, 3.05) is 19.1 Å². The van der Waals surface area contributed by atoms with Crippen molar-refractivity contribution >= 4 is 21.6 Å². The Morgan fingerprint density at radius 1 is 1.46 bits per heavy atom. The van der Waals surface area contributed by atoms with Gasteiger partial charge in [0.15, 0.2) is 6.79 Å². The van der Waals surface area contributed by atoms with E-state index in [1.54, 1.807) is 12.1 Å². The molecule has 3 nitrogen and oxygen atoms in total. The van der Waals surface area contributed by atoms with E-state index in [4.69, 9.17) is 15.2 Å². The summed E-state index contributed by atoms with van der Waals surface area (Å²) in [5, 5.41) is 0. The van der Waals surface area contributed by atoms with Crippen LogP contribution in [0.2, 0.25) is 0 Å². The Hall–Kier alpha value is -0.740. The summed E-state index contributed by atoms with van der Waals surface area (Å²) in [4.78, 5) is 0. The van der Waals surface area contributed by atoms with Gasteiger partial charge in [-0.25, -0.2) is 0 Å². The molecule has 0 aliphatic rings. The van der Waals surface area contributed by atoms with Crippen molar-refractivity contribution in [3.05, 3.63) is 22.7 Å². The summed E-state index contributed by atoms with van der Waals surface area (Å²) in [6.45, 7) is 2.78. The molecule has 72 valence electrons. The average molecular weight is 246 g/mol. The molecule has 0 amide bonds. The van der Waals surface area contributed by atoms with Crippen LogP contribution in [0.3, 0.4) is 0 Å². The van der Waals surface area contributed by atoms with Gasteiger partial charge >= 0.3 is 0 Å². The number of rotatable bonds is 4. The third kappa shape index (κ3) is 3.24. The van der Waals surface area contributed by atoms with Crippen molar-refractivity contribution in [1.29, 1.82) is 0 Å². The molecule has 2 N–H and O–H groups in total. The molecular formula is C9H12BrNO2. The molecule has 0 radical (unpaired) electrons. The minimum atomic E-state index is 0.238. The summed E-state index contributed by atoms with van der Waals surface area (Å²) in [7, 11) is 0. The lowest BCUT2D eigenvalue weighted by Gasteiger charge is -2.08. The fourth-order valence-corrected chi connectivity index (χ4v) is 1.22. The monoisotopic (exact) mass is 245 g/mol. The molecule has 0 bridgehead atoms. The molecule has 0 aromatic heterocycles. The van der Waals surface area contributed by atoms with Crippen LogP contribution >= 0.6 is 15.9 Å². The predicted molar refractivity (Wildman–Crippen MR) is 55.7 cm³/mol. The standard InChI is InChI=1S/C9H12BrNO2/c1-2-12-6-13-9-4-3-7(10)5-8(9)11/h3-5H,2,6,11H2,1H3. The van der Waals surface area contributed by atoms with Gasteiger partial charge in [0.2, 0.25) is 0 Å². The first-order valence-electron chi connectivity index (χ1n) is 3.99. The van der Waals surface area contributed by atoms with Crippen molar-refractivity contribution in [3.63, 3.8) is 0 Å². The first-order chi connectivity index (χ1) is 6.24. The van der Waals surface area contributed by atoms with Crippen LogP contribution in [0.1, 0.15) is 6.92 Å². The molecule has 0 unspecified atom stereocenters. The van der Waals surface area contributed by atoms with E-state index in [9.17, 15) is 0 Å². The zero-order chi connectivity index (χ0) is 9.68.